The van der Waals surface area contributed by atoms with Gasteiger partial charge >= 0.3 is 0 Å². The van der Waals surface area contributed by atoms with Gasteiger partial charge in [0.25, 0.3) is 6.43 Å². The molecule has 2 rings (SSSR count). The fourth-order valence-electron chi connectivity index (χ4n) is 2.39. The molecule has 0 bridgehead atoms. The molecule has 0 spiro atoms. The molecule has 0 aromatic heterocycles. The van der Waals surface area contributed by atoms with Gasteiger partial charge in [-0.3, -0.25) is 4.79 Å². The summed E-state index contributed by atoms with van der Waals surface area (Å²) in [6, 6.07) is 4.91. The summed E-state index contributed by atoms with van der Waals surface area (Å²) in [5, 5.41) is 0.314. The minimum absolute atomic E-state index is 0. The molecule has 1 unspecified atom stereocenters. The third kappa shape index (κ3) is 5.98. The topological polar surface area (TPSA) is 38.8 Å². The quantitative estimate of drug-likeness (QED) is 0.473. The van der Waals surface area contributed by atoms with Crippen molar-refractivity contribution < 1.29 is 55.8 Å². The number of hydrogen-bond donors (Lipinski definition) is 0. The minimum Gasteiger partial charge on any atom is -0.491 e. The van der Waals surface area contributed by atoms with E-state index in [1.807, 2.05) is 0 Å². The second kappa shape index (κ2) is 10.6. The first-order chi connectivity index (χ1) is 11.4. The van der Waals surface area contributed by atoms with Gasteiger partial charge in [0.1, 0.15) is 12.4 Å². The predicted molar refractivity (Wildman–Crippen MR) is 87.0 cm³/mol. The van der Waals surface area contributed by atoms with Crippen molar-refractivity contribution in [2.24, 2.45) is 5.92 Å². The number of benzene rings is 1. The zero-order valence-corrected chi connectivity index (χ0v) is 17.7. The molecule has 0 aliphatic carbocycles. The minimum atomic E-state index is -2.63. The maximum atomic E-state index is 12.8. The van der Waals surface area contributed by atoms with Crippen molar-refractivity contribution in [3.63, 3.8) is 0 Å². The molecule has 135 valence electrons. The van der Waals surface area contributed by atoms with Crippen LogP contribution in [-0.4, -0.2) is 44.1 Å². The van der Waals surface area contributed by atoms with E-state index in [1.54, 1.807) is 32.2 Å². The van der Waals surface area contributed by atoms with E-state index in [-0.39, 0.29) is 44.5 Å². The molecule has 0 saturated carbocycles. The van der Waals surface area contributed by atoms with Crippen molar-refractivity contribution in [1.29, 1.82) is 0 Å². The fourth-order valence-corrected chi connectivity index (χ4v) is 2.65. The molecule has 1 aromatic carbocycles. The first-order valence-corrected chi connectivity index (χ1v) is 7.93. The van der Waals surface area contributed by atoms with Gasteiger partial charge in [-0.25, -0.2) is 14.9 Å². The van der Waals surface area contributed by atoms with E-state index in [1.165, 1.54) is 0 Å². The van der Waals surface area contributed by atoms with Crippen molar-refractivity contribution in [3.05, 3.63) is 34.9 Å². The van der Waals surface area contributed by atoms with Gasteiger partial charge in [0.2, 0.25) is 5.91 Å². The molecule has 1 radical (unpaired) electrons. The molecule has 4 nitrogen and oxygen atoms in total. The largest absolute Gasteiger partial charge is 0.491 e. The first kappa shape index (κ1) is 22.5. The number of hydrogen-bond acceptors (Lipinski definition) is 3. The van der Waals surface area contributed by atoms with Crippen LogP contribution >= 0.6 is 11.6 Å². The number of allylic oxidation sites excluding steroid dienone is 1. The van der Waals surface area contributed by atoms with Gasteiger partial charge in [0.15, 0.2) is 0 Å². The van der Waals surface area contributed by atoms with Crippen LogP contribution in [0, 0.1) is 12.0 Å². The Bertz CT molecular complexity index is 628. The second-order valence-electron chi connectivity index (χ2n) is 5.45. The number of amides is 1. The Morgan fingerprint density at radius 3 is 2.72 bits per heavy atom. The van der Waals surface area contributed by atoms with Crippen LogP contribution in [0.15, 0.2) is 18.2 Å². The Hall–Kier alpha value is -0.556. The molecule has 1 aliphatic heterocycles. The summed E-state index contributed by atoms with van der Waals surface area (Å²) < 4.78 is 36.1. The maximum absolute atomic E-state index is 12.8. The Morgan fingerprint density at radius 2 is 2.12 bits per heavy atom. The number of carbonyl (C=O) groups excluding carboxylic acids is 1. The second-order valence-corrected chi connectivity index (χ2v) is 5.86. The molecule has 1 amide bonds. The number of carbonyl (C=O) groups is 1. The molecule has 1 aromatic rings. The summed E-state index contributed by atoms with van der Waals surface area (Å²) >= 11 is 6.26. The Morgan fingerprint density at radius 1 is 1.40 bits per heavy atom. The molecule has 0 N–H and O–H groups in total. The van der Waals surface area contributed by atoms with Crippen LogP contribution in [0.1, 0.15) is 18.9 Å². The van der Waals surface area contributed by atoms with Crippen LogP contribution in [0.5, 0.6) is 5.75 Å². The summed E-state index contributed by atoms with van der Waals surface area (Å²) in [6.07, 6.45) is 0.765. The molecule has 1 atom stereocenters. The summed E-state index contributed by atoms with van der Waals surface area (Å²) in [4.78, 5) is 13.3. The maximum Gasteiger partial charge on any atom is 0.256 e. The Kier molecular flexibility index (Phi) is 9.50. The normalized spacial score (nSPS) is 17.4. The standard InChI is InChI=1S/C17H19ClF2NO3.Y/c1-11-3-6-15(21(17(11)22)10-16(19)20)13-5-4-12(9-14(13)18)24-8-7-23-2;/h4-5,9,11,16H,3,7-8,10H2,1-2H3;/q-1;. The van der Waals surface area contributed by atoms with Crippen molar-refractivity contribution >= 4 is 23.2 Å². The Labute approximate surface area is 176 Å². The SMILES string of the molecule is COCCOc1ccc(C2=[C-]CC(C)C(=O)N2CC(F)F)c(Cl)c1.[Y]. The van der Waals surface area contributed by atoms with E-state index in [0.717, 1.165) is 4.90 Å². The molecule has 8 heteroatoms. The number of halogens is 3. The number of rotatable bonds is 7. The number of ether oxygens (including phenoxy) is 2. The van der Waals surface area contributed by atoms with Crippen molar-refractivity contribution in [2.45, 2.75) is 19.8 Å². The monoisotopic (exact) mass is 447 g/mol. The van der Waals surface area contributed by atoms with Gasteiger partial charge in [-0.15, -0.1) is 28.9 Å². The van der Waals surface area contributed by atoms with Gasteiger partial charge in [-0.1, -0.05) is 13.3 Å². The summed E-state index contributed by atoms with van der Waals surface area (Å²) in [7, 11) is 1.57. The molecule has 1 aliphatic rings. The van der Waals surface area contributed by atoms with Crippen LogP contribution in [0.25, 0.3) is 5.70 Å². The van der Waals surface area contributed by atoms with E-state index in [2.05, 4.69) is 6.08 Å². The summed E-state index contributed by atoms with van der Waals surface area (Å²) in [5.41, 5.74) is 0.781. The number of nitrogens with zero attached hydrogens (tertiary/aromatic N) is 1. The molecular weight excluding hydrogens is 429 g/mol. The fraction of sp³-hybridized carbons (Fsp3) is 0.471. The van der Waals surface area contributed by atoms with E-state index in [0.29, 0.717) is 41.7 Å². The molecule has 1 heterocycles. The van der Waals surface area contributed by atoms with Crippen molar-refractivity contribution in [2.75, 3.05) is 26.9 Å². The van der Waals surface area contributed by atoms with Gasteiger partial charge in [-0.05, 0) is 17.2 Å². The van der Waals surface area contributed by atoms with Crippen molar-refractivity contribution in [3.8, 4) is 5.75 Å². The molecule has 0 saturated heterocycles. The summed E-state index contributed by atoms with van der Waals surface area (Å²) in [6.45, 7) is 1.83. The molecule has 25 heavy (non-hydrogen) atoms. The zero-order valence-electron chi connectivity index (χ0n) is 14.1. The third-order valence-corrected chi connectivity index (χ3v) is 3.92. The van der Waals surface area contributed by atoms with Crippen LogP contribution in [0.2, 0.25) is 5.02 Å². The third-order valence-electron chi connectivity index (χ3n) is 3.61. The molecule has 0 fully saturated rings. The van der Waals surface area contributed by atoms with Crippen LogP contribution in [0.4, 0.5) is 8.78 Å². The van der Waals surface area contributed by atoms with Crippen LogP contribution in [0.3, 0.4) is 0 Å². The number of methoxy groups -OCH3 is 1. The van der Waals surface area contributed by atoms with E-state index in [9.17, 15) is 13.6 Å². The predicted octanol–water partition coefficient (Wildman–Crippen LogP) is 3.64. The first-order valence-electron chi connectivity index (χ1n) is 7.56. The van der Waals surface area contributed by atoms with Gasteiger partial charge in [-0.2, -0.15) is 0 Å². The van der Waals surface area contributed by atoms with Gasteiger partial charge in [0, 0.05) is 45.7 Å². The van der Waals surface area contributed by atoms with E-state index < -0.39 is 13.0 Å². The smallest absolute Gasteiger partial charge is 0.256 e. The van der Waals surface area contributed by atoms with Gasteiger partial charge < -0.3 is 14.4 Å². The van der Waals surface area contributed by atoms with Crippen LogP contribution < -0.4 is 4.74 Å². The average Bonchev–Trinajstić information content (AvgIpc) is 2.53. The average molecular weight is 448 g/mol. The zero-order chi connectivity index (χ0) is 17.7. The van der Waals surface area contributed by atoms with Gasteiger partial charge in [0.05, 0.1) is 13.2 Å². The molecular formula is C17H19ClF2NO3Y-. The van der Waals surface area contributed by atoms with Crippen molar-refractivity contribution in [1.82, 2.24) is 4.90 Å². The number of alkyl halides is 2. The Balaban J connectivity index is 0.00000312. The van der Waals surface area contributed by atoms with E-state index in [4.69, 9.17) is 21.1 Å². The van der Waals surface area contributed by atoms with Crippen LogP contribution in [-0.2, 0) is 42.2 Å². The van der Waals surface area contributed by atoms with E-state index >= 15 is 0 Å². The summed E-state index contributed by atoms with van der Waals surface area (Å²) in [5.74, 6) is -0.180.